The highest BCUT2D eigenvalue weighted by molar-refractivity contribution is 6.39. The zero-order valence-electron chi connectivity index (χ0n) is 8.64. The number of nitrogens with one attached hydrogen (secondary N) is 2. The number of carbonyl (C=O) groups excluding carboxylic acids is 2. The predicted octanol–water partition coefficient (Wildman–Crippen LogP) is 1.29. The van der Waals surface area contributed by atoms with Crippen molar-refractivity contribution in [1.29, 1.82) is 0 Å². The van der Waals surface area contributed by atoms with Crippen LogP contribution in [0.25, 0.3) is 0 Å². The number of benzene rings is 1. The molecule has 0 unspecified atom stereocenters. The van der Waals surface area contributed by atoms with Gasteiger partial charge < -0.3 is 5.32 Å². The van der Waals surface area contributed by atoms with E-state index in [0.29, 0.717) is 12.1 Å². The van der Waals surface area contributed by atoms with E-state index in [9.17, 15) is 22.8 Å². The van der Waals surface area contributed by atoms with Crippen LogP contribution in [-0.2, 0) is 15.8 Å². The van der Waals surface area contributed by atoms with Gasteiger partial charge in [0.25, 0.3) is 0 Å². The van der Waals surface area contributed by atoms with Crippen LogP contribution in [0.1, 0.15) is 5.56 Å². The molecular weight excluding hydrogens is 275 g/mol. The molecule has 4 N–H and O–H groups in total. The molecule has 0 saturated heterocycles. The molecule has 9 heteroatoms. The molecular formula is C9H7ClF3N3O2. The predicted molar refractivity (Wildman–Crippen MR) is 57.4 cm³/mol. The van der Waals surface area contributed by atoms with Gasteiger partial charge in [-0.05, 0) is 18.2 Å². The van der Waals surface area contributed by atoms with Crippen LogP contribution in [0.2, 0.25) is 5.02 Å². The summed E-state index contributed by atoms with van der Waals surface area (Å²) in [5, 5.41) is 1.70. The lowest BCUT2D eigenvalue weighted by molar-refractivity contribution is -0.137. The van der Waals surface area contributed by atoms with Gasteiger partial charge in [0, 0.05) is 10.7 Å². The van der Waals surface area contributed by atoms with E-state index in [-0.39, 0.29) is 10.7 Å². The van der Waals surface area contributed by atoms with Gasteiger partial charge in [0.1, 0.15) is 0 Å². The van der Waals surface area contributed by atoms with Crippen molar-refractivity contribution in [3.05, 3.63) is 28.8 Å². The van der Waals surface area contributed by atoms with Gasteiger partial charge in [0.2, 0.25) is 0 Å². The number of alkyl halides is 3. The Morgan fingerprint density at radius 3 is 2.28 bits per heavy atom. The Bertz CT molecular complexity index is 490. The van der Waals surface area contributed by atoms with E-state index in [1.807, 2.05) is 5.32 Å². The molecule has 0 spiro atoms. The Kier molecular flexibility index (Phi) is 4.15. The van der Waals surface area contributed by atoms with E-state index in [1.165, 1.54) is 5.43 Å². The number of carbonyl (C=O) groups is 2. The smallest absolute Gasteiger partial charge is 0.318 e. The van der Waals surface area contributed by atoms with Crippen LogP contribution < -0.4 is 16.6 Å². The van der Waals surface area contributed by atoms with Crippen molar-refractivity contribution in [3.8, 4) is 0 Å². The van der Waals surface area contributed by atoms with E-state index in [4.69, 9.17) is 11.6 Å². The second-order valence-electron chi connectivity index (χ2n) is 3.15. The second-order valence-corrected chi connectivity index (χ2v) is 3.59. The fourth-order valence-electron chi connectivity index (χ4n) is 1.08. The number of nitrogens with two attached hydrogens (primary N) is 1. The lowest BCUT2D eigenvalue weighted by Gasteiger charge is -2.10. The third-order valence-electron chi connectivity index (χ3n) is 1.82. The highest BCUT2D eigenvalue weighted by atomic mass is 35.5. The van der Waals surface area contributed by atoms with Crippen LogP contribution in [-0.4, -0.2) is 11.8 Å². The lowest BCUT2D eigenvalue weighted by atomic mass is 10.2. The summed E-state index contributed by atoms with van der Waals surface area (Å²) in [6.45, 7) is 0. The molecule has 5 nitrogen and oxygen atoms in total. The molecule has 0 bridgehead atoms. The molecule has 98 valence electrons. The normalized spacial score (nSPS) is 10.9. The van der Waals surface area contributed by atoms with E-state index >= 15 is 0 Å². The first-order chi connectivity index (χ1) is 8.24. The van der Waals surface area contributed by atoms with E-state index < -0.39 is 23.6 Å². The van der Waals surface area contributed by atoms with Crippen molar-refractivity contribution < 1.29 is 22.8 Å². The number of hydrogen-bond acceptors (Lipinski definition) is 3. The van der Waals surface area contributed by atoms with Gasteiger partial charge in [0.15, 0.2) is 0 Å². The molecule has 0 saturated carbocycles. The quantitative estimate of drug-likeness (QED) is 0.314. The largest absolute Gasteiger partial charge is 0.416 e. The maximum atomic E-state index is 12.4. The molecule has 0 aliphatic carbocycles. The van der Waals surface area contributed by atoms with Crippen LogP contribution in [0.5, 0.6) is 0 Å². The Hall–Kier alpha value is -1.80. The molecule has 0 atom stereocenters. The highest BCUT2D eigenvalue weighted by Crippen LogP contribution is 2.33. The third-order valence-corrected chi connectivity index (χ3v) is 2.04. The summed E-state index contributed by atoms with van der Waals surface area (Å²) in [7, 11) is 0. The van der Waals surface area contributed by atoms with Gasteiger partial charge in [-0.15, -0.1) is 0 Å². The average Bonchev–Trinajstić information content (AvgIpc) is 2.25. The lowest BCUT2D eigenvalue weighted by Crippen LogP contribution is -2.39. The summed E-state index contributed by atoms with van der Waals surface area (Å²) < 4.78 is 37.3. The van der Waals surface area contributed by atoms with Crippen LogP contribution in [0.15, 0.2) is 18.2 Å². The molecule has 0 aliphatic heterocycles. The van der Waals surface area contributed by atoms with E-state index in [1.54, 1.807) is 0 Å². The molecule has 0 heterocycles. The van der Waals surface area contributed by atoms with E-state index in [0.717, 1.165) is 6.07 Å². The first kappa shape index (κ1) is 14.3. The summed E-state index contributed by atoms with van der Waals surface area (Å²) in [6, 6.07) is 2.41. The van der Waals surface area contributed by atoms with Crippen molar-refractivity contribution in [3.63, 3.8) is 0 Å². The number of hydrazine groups is 1. The summed E-state index contributed by atoms with van der Waals surface area (Å²) in [5.74, 6) is 2.30. The minimum atomic E-state index is -4.61. The molecule has 0 fully saturated rings. The van der Waals surface area contributed by atoms with Crippen LogP contribution in [0.4, 0.5) is 18.9 Å². The molecule has 1 aromatic rings. The van der Waals surface area contributed by atoms with Crippen molar-refractivity contribution in [2.75, 3.05) is 5.32 Å². The van der Waals surface area contributed by atoms with Crippen molar-refractivity contribution in [2.24, 2.45) is 5.84 Å². The topological polar surface area (TPSA) is 84.2 Å². The fourth-order valence-corrected chi connectivity index (χ4v) is 1.31. The van der Waals surface area contributed by atoms with Gasteiger partial charge >= 0.3 is 18.0 Å². The molecule has 18 heavy (non-hydrogen) atoms. The van der Waals surface area contributed by atoms with Gasteiger partial charge in [-0.25, -0.2) is 5.84 Å². The van der Waals surface area contributed by atoms with Gasteiger partial charge in [0.05, 0.1) is 5.56 Å². The van der Waals surface area contributed by atoms with E-state index in [2.05, 4.69) is 5.84 Å². The number of anilines is 1. The van der Waals surface area contributed by atoms with Crippen molar-refractivity contribution in [2.45, 2.75) is 6.18 Å². The Morgan fingerprint density at radius 1 is 1.17 bits per heavy atom. The Balaban J connectivity index is 3.01. The highest BCUT2D eigenvalue weighted by Gasteiger charge is 2.31. The molecule has 0 radical (unpaired) electrons. The van der Waals surface area contributed by atoms with Crippen molar-refractivity contribution >= 4 is 29.1 Å². The number of amides is 2. The summed E-state index contributed by atoms with van der Waals surface area (Å²) in [4.78, 5) is 21.9. The second kappa shape index (κ2) is 5.23. The third kappa shape index (κ3) is 3.60. The first-order valence-corrected chi connectivity index (χ1v) is 4.81. The molecule has 0 aromatic heterocycles. The van der Waals surface area contributed by atoms with Crippen LogP contribution in [0.3, 0.4) is 0 Å². The number of halogens is 4. The SMILES string of the molecule is NNC(=O)C(=O)Nc1cc(Cl)cc(C(F)(F)F)c1. The minimum absolute atomic E-state index is 0.228. The van der Waals surface area contributed by atoms with Crippen LogP contribution in [0, 0.1) is 0 Å². The zero-order valence-corrected chi connectivity index (χ0v) is 9.39. The molecule has 0 aliphatic rings. The molecule has 2 amide bonds. The molecule has 1 rings (SSSR count). The number of hydrogen-bond donors (Lipinski definition) is 3. The van der Waals surface area contributed by atoms with Crippen molar-refractivity contribution in [1.82, 2.24) is 5.43 Å². The minimum Gasteiger partial charge on any atom is -0.318 e. The van der Waals surface area contributed by atoms with Gasteiger partial charge in [-0.1, -0.05) is 11.6 Å². The maximum Gasteiger partial charge on any atom is 0.416 e. The average molecular weight is 282 g/mol. The molecule has 1 aromatic carbocycles. The Labute approximate surface area is 104 Å². The standard InChI is InChI=1S/C9H7ClF3N3O2/c10-5-1-4(9(11,12)13)2-6(3-5)15-7(17)8(18)16-14/h1-3H,14H2,(H,15,17)(H,16,18). The number of rotatable bonds is 1. The summed E-state index contributed by atoms with van der Waals surface area (Å²) in [6.07, 6.45) is -4.61. The fraction of sp³-hybridized carbons (Fsp3) is 0.111. The maximum absolute atomic E-state index is 12.4. The first-order valence-electron chi connectivity index (χ1n) is 4.43. The zero-order chi connectivity index (χ0) is 13.9. The van der Waals surface area contributed by atoms with Gasteiger partial charge in [-0.2, -0.15) is 13.2 Å². The van der Waals surface area contributed by atoms with Crippen LogP contribution >= 0.6 is 11.6 Å². The summed E-state index contributed by atoms with van der Waals surface area (Å²) >= 11 is 5.48. The van der Waals surface area contributed by atoms with Gasteiger partial charge in [-0.3, -0.25) is 15.0 Å². The Morgan fingerprint density at radius 2 is 1.78 bits per heavy atom. The monoisotopic (exact) mass is 281 g/mol. The summed E-state index contributed by atoms with van der Waals surface area (Å²) in [5.41, 5.74) is 0.234.